The smallest absolute Gasteiger partial charge is 0.185 e. The number of anilines is 1. The Morgan fingerprint density at radius 2 is 1.61 bits per heavy atom. The lowest BCUT2D eigenvalue weighted by Crippen LogP contribution is -2.44. The van der Waals surface area contributed by atoms with E-state index in [1.807, 2.05) is 77.7 Å². The molecule has 2 heterocycles. The lowest BCUT2D eigenvalue weighted by Gasteiger charge is -2.35. The van der Waals surface area contributed by atoms with Crippen molar-refractivity contribution in [3.8, 4) is 17.9 Å². The maximum Gasteiger partial charge on any atom is 0.185 e. The number of methoxy groups -OCH3 is 1. The van der Waals surface area contributed by atoms with E-state index in [0.29, 0.717) is 16.9 Å². The summed E-state index contributed by atoms with van der Waals surface area (Å²) in [5.41, 5.74) is 1.52. The van der Waals surface area contributed by atoms with Crippen LogP contribution in [0.1, 0.15) is 27.4 Å². The zero-order valence-electron chi connectivity index (χ0n) is 18.1. The molecule has 5 heteroatoms. The predicted octanol–water partition coefficient (Wildman–Crippen LogP) is 4.98. The standard InChI is InChI=1S/C28H21N3O2/c1-33-23-14-8-6-12-21(23)25-26(27(32)20-10-3-2-4-11-20)31-22-13-7-5-9-19(22)15-16-24(31)28(25,17-29)18-30/h2-16,24-26H,1H3/t24-,25-,26+/m1/s1. The van der Waals surface area contributed by atoms with Crippen molar-refractivity contribution >= 4 is 17.5 Å². The highest BCUT2D eigenvalue weighted by Gasteiger charge is 2.63. The van der Waals surface area contributed by atoms with E-state index in [0.717, 1.165) is 11.3 Å². The van der Waals surface area contributed by atoms with E-state index in [4.69, 9.17) is 4.74 Å². The van der Waals surface area contributed by atoms with Crippen molar-refractivity contribution in [2.45, 2.75) is 18.0 Å². The number of nitrogens with zero attached hydrogens (tertiary/aromatic N) is 3. The van der Waals surface area contributed by atoms with E-state index in [1.54, 1.807) is 25.3 Å². The van der Waals surface area contributed by atoms with E-state index in [1.165, 1.54) is 0 Å². The van der Waals surface area contributed by atoms with Gasteiger partial charge in [-0.2, -0.15) is 10.5 Å². The average molecular weight is 431 g/mol. The molecule has 0 aliphatic carbocycles. The average Bonchev–Trinajstić information content (AvgIpc) is 3.19. The molecule has 0 saturated carbocycles. The Morgan fingerprint density at radius 3 is 2.33 bits per heavy atom. The molecule has 5 rings (SSSR count). The Balaban J connectivity index is 1.82. The number of hydrogen-bond donors (Lipinski definition) is 0. The summed E-state index contributed by atoms with van der Waals surface area (Å²) in [6.07, 6.45) is 3.82. The third kappa shape index (κ3) is 2.94. The molecular formula is C28H21N3O2. The van der Waals surface area contributed by atoms with Crippen LogP contribution in [0.25, 0.3) is 6.08 Å². The maximum atomic E-state index is 14.1. The minimum Gasteiger partial charge on any atom is -0.496 e. The van der Waals surface area contributed by atoms with Crippen molar-refractivity contribution in [3.05, 3.63) is 102 Å². The lowest BCUT2D eigenvalue weighted by molar-refractivity contribution is 0.0950. The van der Waals surface area contributed by atoms with E-state index < -0.39 is 23.4 Å². The van der Waals surface area contributed by atoms with Gasteiger partial charge in [0.25, 0.3) is 0 Å². The van der Waals surface area contributed by atoms with E-state index in [2.05, 4.69) is 12.1 Å². The van der Waals surface area contributed by atoms with Gasteiger partial charge < -0.3 is 9.64 Å². The molecular weight excluding hydrogens is 410 g/mol. The maximum absolute atomic E-state index is 14.1. The van der Waals surface area contributed by atoms with Gasteiger partial charge in [-0.3, -0.25) is 4.79 Å². The Hall–Kier alpha value is -4.35. The van der Waals surface area contributed by atoms with Crippen LogP contribution in [0, 0.1) is 28.1 Å². The van der Waals surface area contributed by atoms with Crippen molar-refractivity contribution in [1.82, 2.24) is 0 Å². The van der Waals surface area contributed by atoms with Crippen LogP contribution in [-0.2, 0) is 0 Å². The molecule has 5 nitrogen and oxygen atoms in total. The number of nitriles is 2. The van der Waals surface area contributed by atoms with Crippen molar-refractivity contribution in [1.29, 1.82) is 10.5 Å². The third-order valence-electron chi connectivity index (χ3n) is 6.72. The first-order chi connectivity index (χ1) is 16.2. The number of carbonyl (C=O) groups excluding carboxylic acids is 1. The number of hydrogen-bond acceptors (Lipinski definition) is 5. The molecule has 3 aromatic rings. The van der Waals surface area contributed by atoms with Crippen LogP contribution < -0.4 is 9.64 Å². The summed E-state index contributed by atoms with van der Waals surface area (Å²) >= 11 is 0. The molecule has 0 unspecified atom stereocenters. The van der Waals surface area contributed by atoms with Gasteiger partial charge in [0.05, 0.1) is 25.3 Å². The van der Waals surface area contributed by atoms with Crippen LogP contribution in [0.15, 0.2) is 84.9 Å². The first kappa shape index (κ1) is 20.5. The van der Waals surface area contributed by atoms with Crippen LogP contribution in [-0.4, -0.2) is 25.0 Å². The number of ether oxygens (including phenoxy) is 1. The number of carbonyl (C=O) groups is 1. The van der Waals surface area contributed by atoms with Gasteiger partial charge in [-0.15, -0.1) is 0 Å². The molecule has 3 atom stereocenters. The Kier molecular flexibility index (Phi) is 4.96. The molecule has 0 N–H and O–H groups in total. The quantitative estimate of drug-likeness (QED) is 0.545. The summed E-state index contributed by atoms with van der Waals surface area (Å²) in [4.78, 5) is 16.1. The molecule has 0 aromatic heterocycles. The zero-order chi connectivity index (χ0) is 23.0. The molecule has 2 aliphatic heterocycles. The molecule has 0 bridgehead atoms. The molecule has 160 valence electrons. The zero-order valence-corrected chi connectivity index (χ0v) is 18.1. The second kappa shape index (κ2) is 7.97. The summed E-state index contributed by atoms with van der Waals surface area (Å²) in [6.45, 7) is 0. The highest BCUT2D eigenvalue weighted by atomic mass is 16.5. The van der Waals surface area contributed by atoms with Gasteiger partial charge in [0, 0.05) is 22.7 Å². The summed E-state index contributed by atoms with van der Waals surface area (Å²) < 4.78 is 5.63. The monoisotopic (exact) mass is 431 g/mol. The van der Waals surface area contributed by atoms with Gasteiger partial charge >= 0.3 is 0 Å². The van der Waals surface area contributed by atoms with Gasteiger partial charge in [-0.05, 0) is 17.7 Å². The molecule has 0 radical (unpaired) electrons. The first-order valence-electron chi connectivity index (χ1n) is 10.8. The SMILES string of the molecule is COc1ccccc1[C@@H]1[C@@H](C(=O)c2ccccc2)N2c3ccccc3C=C[C@@H]2C1(C#N)C#N. The number of ketones is 1. The van der Waals surface area contributed by atoms with Crippen LogP contribution in [0.3, 0.4) is 0 Å². The molecule has 1 saturated heterocycles. The van der Waals surface area contributed by atoms with Gasteiger partial charge in [0.1, 0.15) is 11.8 Å². The Bertz CT molecular complexity index is 1320. The lowest BCUT2D eigenvalue weighted by atomic mass is 9.69. The summed E-state index contributed by atoms with van der Waals surface area (Å²) in [5, 5.41) is 21.0. The van der Waals surface area contributed by atoms with Gasteiger partial charge in [0.2, 0.25) is 0 Å². The van der Waals surface area contributed by atoms with Crippen molar-refractivity contribution in [3.63, 3.8) is 0 Å². The number of para-hydroxylation sites is 2. The summed E-state index contributed by atoms with van der Waals surface area (Å²) in [6, 6.07) is 27.5. The van der Waals surface area contributed by atoms with Crippen LogP contribution in [0.5, 0.6) is 5.75 Å². The number of benzene rings is 3. The molecule has 3 aromatic carbocycles. The van der Waals surface area contributed by atoms with E-state index >= 15 is 0 Å². The molecule has 33 heavy (non-hydrogen) atoms. The highest BCUT2D eigenvalue weighted by Crippen LogP contribution is 2.56. The summed E-state index contributed by atoms with van der Waals surface area (Å²) in [5.74, 6) is -0.300. The largest absolute Gasteiger partial charge is 0.496 e. The van der Waals surface area contributed by atoms with Crippen molar-refractivity contribution in [2.24, 2.45) is 5.41 Å². The Morgan fingerprint density at radius 1 is 0.939 bits per heavy atom. The van der Waals surface area contributed by atoms with Gasteiger partial charge in [-0.1, -0.05) is 78.9 Å². The number of Topliss-reactive ketones (excluding diaryl/α,β-unsaturated/α-hetero) is 1. The second-order valence-corrected chi connectivity index (χ2v) is 8.26. The fourth-order valence-corrected chi connectivity index (χ4v) is 5.27. The fourth-order valence-electron chi connectivity index (χ4n) is 5.27. The first-order valence-corrected chi connectivity index (χ1v) is 10.8. The number of rotatable bonds is 4. The normalized spacial score (nSPS) is 21.9. The topological polar surface area (TPSA) is 77.1 Å². The minimum atomic E-state index is -1.49. The molecule has 0 amide bonds. The van der Waals surface area contributed by atoms with Crippen LogP contribution in [0.4, 0.5) is 5.69 Å². The summed E-state index contributed by atoms with van der Waals surface area (Å²) in [7, 11) is 1.56. The van der Waals surface area contributed by atoms with Crippen LogP contribution >= 0.6 is 0 Å². The molecule has 0 spiro atoms. The second-order valence-electron chi connectivity index (χ2n) is 8.26. The van der Waals surface area contributed by atoms with Gasteiger partial charge in [0.15, 0.2) is 11.2 Å². The van der Waals surface area contributed by atoms with Crippen molar-refractivity contribution < 1.29 is 9.53 Å². The van der Waals surface area contributed by atoms with E-state index in [9.17, 15) is 15.3 Å². The third-order valence-corrected chi connectivity index (χ3v) is 6.72. The van der Waals surface area contributed by atoms with Crippen LogP contribution in [0.2, 0.25) is 0 Å². The molecule has 1 fully saturated rings. The van der Waals surface area contributed by atoms with Crippen molar-refractivity contribution in [2.75, 3.05) is 12.0 Å². The van der Waals surface area contributed by atoms with E-state index in [-0.39, 0.29) is 5.78 Å². The fraction of sp³-hybridized carbons (Fsp3) is 0.179. The Labute approximate surface area is 192 Å². The van der Waals surface area contributed by atoms with Gasteiger partial charge in [-0.25, -0.2) is 0 Å². The predicted molar refractivity (Wildman–Crippen MR) is 126 cm³/mol. The highest BCUT2D eigenvalue weighted by molar-refractivity contribution is 6.04. The number of fused-ring (bicyclic) bond motifs is 3. The minimum absolute atomic E-state index is 0.131. The molecule has 2 aliphatic rings.